The molecule has 0 atom stereocenters. The molecule has 18 heavy (non-hydrogen) atoms. The SMILES string of the molecule is CN(C)c1nc2cc3c(cc2c(=O)[nH]1)OCCO3. The molecule has 0 saturated carbocycles. The van der Waals surface area contributed by atoms with Crippen LogP contribution in [0, 0.1) is 0 Å². The summed E-state index contributed by atoms with van der Waals surface area (Å²) in [6.45, 7) is 1.02. The Balaban J connectivity index is 2.27. The number of aromatic amines is 1. The summed E-state index contributed by atoms with van der Waals surface area (Å²) in [5, 5.41) is 0.504. The number of rotatable bonds is 1. The Morgan fingerprint density at radius 3 is 2.56 bits per heavy atom. The van der Waals surface area contributed by atoms with E-state index in [1.54, 1.807) is 17.0 Å². The van der Waals surface area contributed by atoms with E-state index in [1.165, 1.54) is 0 Å². The van der Waals surface area contributed by atoms with E-state index < -0.39 is 0 Å². The molecule has 0 spiro atoms. The van der Waals surface area contributed by atoms with Gasteiger partial charge in [0.25, 0.3) is 5.56 Å². The van der Waals surface area contributed by atoms with Crippen LogP contribution in [0.2, 0.25) is 0 Å². The molecule has 0 aliphatic carbocycles. The molecule has 1 N–H and O–H groups in total. The first kappa shape index (κ1) is 10.9. The van der Waals surface area contributed by atoms with E-state index >= 15 is 0 Å². The maximum Gasteiger partial charge on any atom is 0.260 e. The van der Waals surface area contributed by atoms with Crippen molar-refractivity contribution < 1.29 is 9.47 Å². The molecule has 0 bridgehead atoms. The van der Waals surface area contributed by atoms with Crippen LogP contribution in [0.4, 0.5) is 5.95 Å². The Morgan fingerprint density at radius 1 is 1.22 bits per heavy atom. The predicted octanol–water partition coefficient (Wildman–Crippen LogP) is 0.760. The highest BCUT2D eigenvalue weighted by Crippen LogP contribution is 2.32. The summed E-state index contributed by atoms with van der Waals surface area (Å²) in [6, 6.07) is 3.42. The minimum Gasteiger partial charge on any atom is -0.486 e. The molecule has 1 aromatic carbocycles. The third-order valence-electron chi connectivity index (χ3n) is 2.78. The number of fused-ring (bicyclic) bond motifs is 2. The Kier molecular flexibility index (Phi) is 2.36. The second-order valence-corrected chi connectivity index (χ2v) is 4.30. The van der Waals surface area contributed by atoms with E-state index in [2.05, 4.69) is 9.97 Å². The van der Waals surface area contributed by atoms with Crippen molar-refractivity contribution in [3.05, 3.63) is 22.5 Å². The lowest BCUT2D eigenvalue weighted by molar-refractivity contribution is 0.172. The van der Waals surface area contributed by atoms with E-state index in [4.69, 9.17) is 9.47 Å². The van der Waals surface area contributed by atoms with Crippen LogP contribution in [0.3, 0.4) is 0 Å². The van der Waals surface area contributed by atoms with Crippen molar-refractivity contribution in [2.75, 3.05) is 32.2 Å². The molecule has 3 rings (SSSR count). The van der Waals surface area contributed by atoms with Gasteiger partial charge in [0.15, 0.2) is 11.5 Å². The first-order chi connectivity index (χ1) is 8.65. The van der Waals surface area contributed by atoms with Crippen molar-refractivity contribution >= 4 is 16.9 Å². The molecular formula is C12H13N3O3. The highest BCUT2D eigenvalue weighted by atomic mass is 16.6. The van der Waals surface area contributed by atoms with Crippen LogP contribution in [0.5, 0.6) is 11.5 Å². The topological polar surface area (TPSA) is 67.5 Å². The van der Waals surface area contributed by atoms with Gasteiger partial charge in [-0.25, -0.2) is 4.98 Å². The van der Waals surface area contributed by atoms with Gasteiger partial charge in [0, 0.05) is 20.2 Å². The van der Waals surface area contributed by atoms with Crippen LogP contribution in [0.1, 0.15) is 0 Å². The summed E-state index contributed by atoms with van der Waals surface area (Å²) in [6.07, 6.45) is 0. The fraction of sp³-hybridized carbons (Fsp3) is 0.333. The average molecular weight is 247 g/mol. The molecule has 0 amide bonds. The number of anilines is 1. The summed E-state index contributed by atoms with van der Waals surface area (Å²) >= 11 is 0. The first-order valence-electron chi connectivity index (χ1n) is 5.66. The maximum absolute atomic E-state index is 12.0. The summed E-state index contributed by atoms with van der Waals surface area (Å²) < 4.78 is 10.9. The van der Waals surface area contributed by atoms with Gasteiger partial charge in [-0.3, -0.25) is 9.78 Å². The van der Waals surface area contributed by atoms with Crippen molar-refractivity contribution in [3.8, 4) is 11.5 Å². The van der Waals surface area contributed by atoms with Gasteiger partial charge < -0.3 is 14.4 Å². The summed E-state index contributed by atoms with van der Waals surface area (Å²) in [5.41, 5.74) is 0.423. The van der Waals surface area contributed by atoms with Crippen molar-refractivity contribution in [1.29, 1.82) is 0 Å². The zero-order valence-corrected chi connectivity index (χ0v) is 10.2. The number of ether oxygens (including phenoxy) is 2. The maximum atomic E-state index is 12.0. The second kappa shape index (κ2) is 3.90. The van der Waals surface area contributed by atoms with Crippen molar-refractivity contribution in [2.24, 2.45) is 0 Å². The molecular weight excluding hydrogens is 234 g/mol. The Labute approximate surface area is 103 Å². The third-order valence-corrected chi connectivity index (χ3v) is 2.78. The monoisotopic (exact) mass is 247 g/mol. The highest BCUT2D eigenvalue weighted by Gasteiger charge is 2.15. The predicted molar refractivity (Wildman–Crippen MR) is 67.7 cm³/mol. The normalized spacial score (nSPS) is 13.7. The molecule has 0 radical (unpaired) electrons. The highest BCUT2D eigenvalue weighted by molar-refractivity contribution is 5.82. The number of nitrogens with one attached hydrogen (secondary N) is 1. The van der Waals surface area contributed by atoms with Crippen LogP contribution in [0.15, 0.2) is 16.9 Å². The Morgan fingerprint density at radius 2 is 1.89 bits per heavy atom. The van der Waals surface area contributed by atoms with Crippen LogP contribution in [0.25, 0.3) is 10.9 Å². The lowest BCUT2D eigenvalue weighted by Gasteiger charge is -2.19. The van der Waals surface area contributed by atoms with Gasteiger partial charge in [-0.15, -0.1) is 0 Å². The molecule has 2 heterocycles. The number of aromatic nitrogens is 2. The van der Waals surface area contributed by atoms with E-state index in [0.717, 1.165) is 0 Å². The van der Waals surface area contributed by atoms with Gasteiger partial charge in [-0.2, -0.15) is 0 Å². The Bertz CT molecular complexity index is 663. The summed E-state index contributed by atoms with van der Waals surface area (Å²) in [5.74, 6) is 1.75. The smallest absolute Gasteiger partial charge is 0.260 e. The molecule has 94 valence electrons. The summed E-state index contributed by atoms with van der Waals surface area (Å²) in [7, 11) is 3.64. The molecule has 6 heteroatoms. The molecule has 0 unspecified atom stereocenters. The number of hydrogen-bond donors (Lipinski definition) is 1. The van der Waals surface area contributed by atoms with Crippen molar-refractivity contribution in [3.63, 3.8) is 0 Å². The van der Waals surface area contributed by atoms with Gasteiger partial charge in [0.05, 0.1) is 10.9 Å². The molecule has 2 aromatic rings. The number of H-pyrrole nitrogens is 1. The van der Waals surface area contributed by atoms with Gasteiger partial charge in [0.2, 0.25) is 5.95 Å². The standard InChI is InChI=1S/C12H13N3O3/c1-15(2)12-13-8-6-10-9(17-3-4-18-10)5-7(8)11(16)14-12/h5-6H,3-4H2,1-2H3,(H,13,14,16). The third kappa shape index (κ3) is 1.66. The minimum atomic E-state index is -0.180. The van der Waals surface area contributed by atoms with Crippen molar-refractivity contribution in [1.82, 2.24) is 9.97 Å². The Hall–Kier alpha value is -2.24. The lowest BCUT2D eigenvalue weighted by atomic mass is 10.2. The van der Waals surface area contributed by atoms with E-state index in [1.807, 2.05) is 14.1 Å². The zero-order chi connectivity index (χ0) is 12.7. The van der Waals surface area contributed by atoms with E-state index in [-0.39, 0.29) is 5.56 Å². The van der Waals surface area contributed by atoms with Crippen LogP contribution >= 0.6 is 0 Å². The van der Waals surface area contributed by atoms with Crippen LogP contribution in [-0.4, -0.2) is 37.3 Å². The zero-order valence-electron chi connectivity index (χ0n) is 10.2. The molecule has 1 aliphatic heterocycles. The first-order valence-corrected chi connectivity index (χ1v) is 5.66. The average Bonchev–Trinajstić information content (AvgIpc) is 2.36. The van der Waals surface area contributed by atoms with E-state index in [9.17, 15) is 4.79 Å². The molecule has 0 fully saturated rings. The minimum absolute atomic E-state index is 0.180. The number of benzene rings is 1. The number of hydrogen-bond acceptors (Lipinski definition) is 5. The largest absolute Gasteiger partial charge is 0.486 e. The quantitative estimate of drug-likeness (QED) is 0.805. The van der Waals surface area contributed by atoms with Crippen LogP contribution < -0.4 is 19.9 Å². The fourth-order valence-electron chi connectivity index (χ4n) is 1.88. The number of nitrogens with zero attached hydrogens (tertiary/aromatic N) is 2. The van der Waals surface area contributed by atoms with E-state index in [0.29, 0.717) is 41.6 Å². The molecule has 0 saturated heterocycles. The molecule has 1 aromatic heterocycles. The van der Waals surface area contributed by atoms with Gasteiger partial charge >= 0.3 is 0 Å². The summed E-state index contributed by atoms with van der Waals surface area (Å²) in [4.78, 5) is 20.8. The van der Waals surface area contributed by atoms with Crippen LogP contribution in [-0.2, 0) is 0 Å². The van der Waals surface area contributed by atoms with Gasteiger partial charge in [0.1, 0.15) is 13.2 Å². The van der Waals surface area contributed by atoms with Gasteiger partial charge in [-0.1, -0.05) is 0 Å². The second-order valence-electron chi connectivity index (χ2n) is 4.30. The fourth-order valence-corrected chi connectivity index (χ4v) is 1.88. The van der Waals surface area contributed by atoms with Crippen molar-refractivity contribution in [2.45, 2.75) is 0 Å². The molecule has 1 aliphatic rings. The van der Waals surface area contributed by atoms with Gasteiger partial charge in [-0.05, 0) is 6.07 Å². The molecule has 6 nitrogen and oxygen atoms in total. The lowest BCUT2D eigenvalue weighted by Crippen LogP contribution is -2.20.